The highest BCUT2D eigenvalue weighted by Crippen LogP contribution is 2.27. The number of rotatable bonds is 3. The molecular weight excluding hydrogens is 333 g/mol. The first-order valence-electron chi connectivity index (χ1n) is 5.03. The summed E-state index contributed by atoms with van der Waals surface area (Å²) in [5.41, 5.74) is 1.23. The van der Waals surface area contributed by atoms with Crippen LogP contribution in [0.15, 0.2) is 17.6 Å². The fourth-order valence-corrected chi connectivity index (χ4v) is 2.69. The topological polar surface area (TPSA) is 37.8 Å². The number of thiophene rings is 1. The first-order valence-corrected chi connectivity index (χ1v) is 6.99. The predicted octanol–water partition coefficient (Wildman–Crippen LogP) is 3.55. The normalized spacial score (nSPS) is 10.4. The van der Waals surface area contributed by atoms with Crippen molar-refractivity contribution in [2.45, 2.75) is 13.8 Å². The van der Waals surface area contributed by atoms with E-state index in [0.717, 1.165) is 26.6 Å². The summed E-state index contributed by atoms with van der Waals surface area (Å²) in [7, 11) is 0. The molecule has 2 aromatic heterocycles. The second kappa shape index (κ2) is 5.09. The van der Waals surface area contributed by atoms with Gasteiger partial charge in [-0.3, -0.25) is 0 Å². The monoisotopic (exact) mass is 345 g/mol. The van der Waals surface area contributed by atoms with Gasteiger partial charge in [0.15, 0.2) is 5.82 Å². The number of halogens is 1. The second-order valence-corrected chi connectivity index (χ2v) is 5.43. The van der Waals surface area contributed by atoms with E-state index in [1.165, 1.54) is 5.56 Å². The molecule has 0 amide bonds. The molecule has 2 rings (SSSR count). The minimum Gasteiger partial charge on any atom is -0.369 e. The van der Waals surface area contributed by atoms with Gasteiger partial charge in [-0.25, -0.2) is 9.97 Å². The molecule has 84 valence electrons. The Labute approximate surface area is 112 Å². The number of nitrogens with zero attached hydrogens (tertiary/aromatic N) is 2. The summed E-state index contributed by atoms with van der Waals surface area (Å²) in [5, 5.41) is 5.31. The van der Waals surface area contributed by atoms with Crippen molar-refractivity contribution in [2.75, 3.05) is 11.9 Å². The molecule has 0 unspecified atom stereocenters. The van der Waals surface area contributed by atoms with Crippen LogP contribution in [0.5, 0.6) is 0 Å². The van der Waals surface area contributed by atoms with Crippen LogP contribution >= 0.6 is 33.9 Å². The first-order chi connectivity index (χ1) is 7.72. The van der Waals surface area contributed by atoms with Crippen LogP contribution in [0.25, 0.3) is 10.7 Å². The van der Waals surface area contributed by atoms with Crippen LogP contribution in [0.2, 0.25) is 0 Å². The quantitative estimate of drug-likeness (QED) is 0.865. The Bertz CT molecular complexity index is 496. The number of aromatic nitrogens is 2. The van der Waals surface area contributed by atoms with Crippen molar-refractivity contribution in [3.8, 4) is 10.7 Å². The molecule has 0 aliphatic heterocycles. The van der Waals surface area contributed by atoms with E-state index in [1.807, 2.05) is 6.20 Å². The van der Waals surface area contributed by atoms with E-state index >= 15 is 0 Å². The molecule has 0 atom stereocenters. The van der Waals surface area contributed by atoms with Crippen molar-refractivity contribution in [2.24, 2.45) is 0 Å². The Hall–Kier alpha value is -0.690. The number of nitrogens with one attached hydrogen (secondary N) is 1. The van der Waals surface area contributed by atoms with E-state index in [-0.39, 0.29) is 0 Å². The van der Waals surface area contributed by atoms with Gasteiger partial charge >= 0.3 is 0 Å². The molecule has 0 aliphatic rings. The summed E-state index contributed by atoms with van der Waals surface area (Å²) in [6.07, 6.45) is 1.86. The van der Waals surface area contributed by atoms with Crippen LogP contribution in [-0.4, -0.2) is 16.5 Å². The molecule has 0 aliphatic carbocycles. The molecule has 1 N–H and O–H groups in total. The van der Waals surface area contributed by atoms with E-state index < -0.39 is 0 Å². The highest BCUT2D eigenvalue weighted by molar-refractivity contribution is 14.1. The standard InChI is InChI=1S/C11H12IN3S/c1-3-13-10-8(12)6-14-11(15-10)9-7(2)4-5-16-9/h4-6H,3H2,1-2H3,(H,13,14,15). The molecule has 16 heavy (non-hydrogen) atoms. The van der Waals surface area contributed by atoms with Gasteiger partial charge in [0.25, 0.3) is 0 Å². The Morgan fingerprint density at radius 2 is 2.31 bits per heavy atom. The van der Waals surface area contributed by atoms with E-state index in [2.05, 4.69) is 63.2 Å². The maximum absolute atomic E-state index is 4.55. The Morgan fingerprint density at radius 3 is 2.94 bits per heavy atom. The third kappa shape index (κ3) is 2.35. The highest BCUT2D eigenvalue weighted by atomic mass is 127. The summed E-state index contributed by atoms with van der Waals surface area (Å²) >= 11 is 3.92. The minimum atomic E-state index is 0.809. The second-order valence-electron chi connectivity index (χ2n) is 3.35. The Balaban J connectivity index is 2.43. The molecule has 2 heterocycles. The van der Waals surface area contributed by atoms with Crippen molar-refractivity contribution < 1.29 is 0 Å². The zero-order valence-electron chi connectivity index (χ0n) is 9.12. The molecule has 0 aromatic carbocycles. The number of aryl methyl sites for hydroxylation is 1. The smallest absolute Gasteiger partial charge is 0.171 e. The fourth-order valence-electron chi connectivity index (χ4n) is 1.37. The van der Waals surface area contributed by atoms with Crippen molar-refractivity contribution in [1.29, 1.82) is 0 Å². The zero-order chi connectivity index (χ0) is 11.5. The van der Waals surface area contributed by atoms with Gasteiger partial charge in [-0.15, -0.1) is 11.3 Å². The largest absolute Gasteiger partial charge is 0.369 e. The number of anilines is 1. The minimum absolute atomic E-state index is 0.809. The zero-order valence-corrected chi connectivity index (χ0v) is 12.1. The van der Waals surface area contributed by atoms with Gasteiger partial charge in [0.1, 0.15) is 5.82 Å². The molecule has 5 heteroatoms. The van der Waals surface area contributed by atoms with Gasteiger partial charge in [0.05, 0.1) is 8.45 Å². The molecule has 2 aromatic rings. The van der Waals surface area contributed by atoms with Crippen molar-refractivity contribution in [3.05, 3.63) is 26.8 Å². The summed E-state index contributed by atoms with van der Waals surface area (Å²) in [5.74, 6) is 1.73. The number of hydrogen-bond donors (Lipinski definition) is 1. The van der Waals surface area contributed by atoms with Gasteiger partial charge in [0.2, 0.25) is 0 Å². The molecule has 0 radical (unpaired) electrons. The maximum atomic E-state index is 4.55. The van der Waals surface area contributed by atoms with Gasteiger partial charge in [-0.05, 0) is 53.4 Å². The van der Waals surface area contributed by atoms with Gasteiger partial charge in [0, 0.05) is 12.7 Å². The lowest BCUT2D eigenvalue weighted by Gasteiger charge is -2.06. The average Bonchev–Trinajstić information content (AvgIpc) is 2.68. The molecule has 0 saturated carbocycles. The van der Waals surface area contributed by atoms with Crippen LogP contribution in [0, 0.1) is 10.5 Å². The summed E-state index contributed by atoms with van der Waals surface area (Å²) in [6, 6.07) is 2.09. The lowest BCUT2D eigenvalue weighted by Crippen LogP contribution is -2.03. The molecular formula is C11H12IN3S. The summed E-state index contributed by atoms with van der Waals surface area (Å²) < 4.78 is 1.05. The van der Waals surface area contributed by atoms with E-state index in [4.69, 9.17) is 0 Å². The highest BCUT2D eigenvalue weighted by Gasteiger charge is 2.09. The lowest BCUT2D eigenvalue weighted by molar-refractivity contribution is 1.11. The van der Waals surface area contributed by atoms with Gasteiger partial charge in [-0.1, -0.05) is 0 Å². The lowest BCUT2D eigenvalue weighted by atomic mass is 10.3. The third-order valence-corrected chi connectivity index (χ3v) is 3.96. The van der Waals surface area contributed by atoms with Crippen LogP contribution < -0.4 is 5.32 Å². The summed E-state index contributed by atoms with van der Waals surface area (Å²) in [6.45, 7) is 5.02. The van der Waals surface area contributed by atoms with Gasteiger partial charge in [-0.2, -0.15) is 0 Å². The SMILES string of the molecule is CCNc1nc(-c2sccc2C)ncc1I. The van der Waals surface area contributed by atoms with Crippen LogP contribution in [0.1, 0.15) is 12.5 Å². The summed E-state index contributed by atoms with van der Waals surface area (Å²) in [4.78, 5) is 10.1. The van der Waals surface area contributed by atoms with Crippen LogP contribution in [-0.2, 0) is 0 Å². The third-order valence-electron chi connectivity index (χ3n) is 2.15. The van der Waals surface area contributed by atoms with Crippen molar-refractivity contribution >= 4 is 39.7 Å². The molecule has 0 fully saturated rings. The van der Waals surface area contributed by atoms with Crippen molar-refractivity contribution in [3.63, 3.8) is 0 Å². The van der Waals surface area contributed by atoms with Gasteiger partial charge < -0.3 is 5.32 Å². The Kier molecular flexibility index (Phi) is 3.75. The maximum Gasteiger partial charge on any atom is 0.171 e. The number of hydrogen-bond acceptors (Lipinski definition) is 4. The predicted molar refractivity (Wildman–Crippen MR) is 77.0 cm³/mol. The fraction of sp³-hybridized carbons (Fsp3) is 0.273. The van der Waals surface area contributed by atoms with E-state index in [0.29, 0.717) is 0 Å². The van der Waals surface area contributed by atoms with E-state index in [9.17, 15) is 0 Å². The molecule has 0 saturated heterocycles. The van der Waals surface area contributed by atoms with Crippen LogP contribution in [0.3, 0.4) is 0 Å². The van der Waals surface area contributed by atoms with Crippen LogP contribution in [0.4, 0.5) is 5.82 Å². The Morgan fingerprint density at radius 1 is 1.50 bits per heavy atom. The van der Waals surface area contributed by atoms with E-state index in [1.54, 1.807) is 11.3 Å². The molecule has 0 spiro atoms. The molecule has 3 nitrogen and oxygen atoms in total. The molecule has 0 bridgehead atoms. The average molecular weight is 345 g/mol. The van der Waals surface area contributed by atoms with Crippen molar-refractivity contribution in [1.82, 2.24) is 9.97 Å². The first kappa shape index (κ1) is 11.8.